The molecule has 45 heavy (non-hydrogen) atoms. The van der Waals surface area contributed by atoms with E-state index < -0.39 is 69.8 Å². The van der Waals surface area contributed by atoms with E-state index in [1.165, 1.54) is 17.7 Å². The number of amides is 1. The summed E-state index contributed by atoms with van der Waals surface area (Å²) in [5, 5.41) is 0.0652. The summed E-state index contributed by atoms with van der Waals surface area (Å²) in [6, 6.07) is 2.97. The van der Waals surface area contributed by atoms with E-state index >= 15 is 4.39 Å². The normalized spacial score (nSPS) is 23.3. The lowest BCUT2D eigenvalue weighted by molar-refractivity contribution is -0.137. The Morgan fingerprint density at radius 3 is 2.22 bits per heavy atom. The van der Waals surface area contributed by atoms with Crippen LogP contribution < -0.4 is 10.6 Å². The van der Waals surface area contributed by atoms with Crippen molar-refractivity contribution in [2.24, 2.45) is 0 Å². The van der Waals surface area contributed by atoms with E-state index in [4.69, 9.17) is 9.47 Å². The molecule has 4 atom stereocenters. The van der Waals surface area contributed by atoms with Gasteiger partial charge in [-0.3, -0.25) is 9.47 Å². The first-order chi connectivity index (χ1) is 20.9. The number of alkyl halides is 3. The Hall–Kier alpha value is -2.91. The molecule has 1 aromatic heterocycles. The molecule has 1 saturated heterocycles. The minimum absolute atomic E-state index is 0.0217. The lowest BCUT2D eigenvalue weighted by atomic mass is 10.1. The van der Waals surface area contributed by atoms with E-state index in [0.29, 0.717) is 6.07 Å². The molecule has 15 heteroatoms. The van der Waals surface area contributed by atoms with E-state index in [0.717, 1.165) is 12.1 Å². The van der Waals surface area contributed by atoms with E-state index in [1.807, 2.05) is 0 Å². The Morgan fingerprint density at radius 1 is 1.00 bits per heavy atom. The topological polar surface area (TPSA) is 76.9 Å². The van der Waals surface area contributed by atoms with Gasteiger partial charge >= 0.3 is 18.0 Å². The maximum Gasteiger partial charge on any atom is 0.416 e. The van der Waals surface area contributed by atoms with Crippen molar-refractivity contribution in [1.82, 2.24) is 14.5 Å². The standard InChI is InChI=1S/C30H34BrF5N4O4S/c1-15-11-38(12-16(2)40(15)28(42)44-29(3,4)5)26-19-7-17(30(34,35)36)8-24-25(19)39(27(41)37-26)13-18(43-6)14-45(24)23-9-20(31)21(32)10-22(23)33/h7-10,15-16,18,45H,11-14H2,1-6H3/t15-,16+,18-/m0/s1. The first kappa shape index (κ1) is 33.5. The molecule has 3 heterocycles. The molecule has 5 rings (SSSR count). The number of rotatable bonds is 3. The predicted molar refractivity (Wildman–Crippen MR) is 165 cm³/mol. The zero-order chi connectivity index (χ0) is 33.2. The Kier molecular flexibility index (Phi) is 8.94. The lowest BCUT2D eigenvalue weighted by Gasteiger charge is -2.45. The molecule has 2 aromatic carbocycles. The molecular formula is C30H34BrF5N4O4S. The molecule has 3 aromatic rings. The van der Waals surface area contributed by atoms with Crippen molar-refractivity contribution in [2.45, 2.75) is 80.9 Å². The second-order valence-electron chi connectivity index (χ2n) is 12.4. The molecule has 1 amide bonds. The van der Waals surface area contributed by atoms with E-state index in [1.54, 1.807) is 44.4 Å². The van der Waals surface area contributed by atoms with Gasteiger partial charge in [0.25, 0.3) is 0 Å². The molecule has 0 bridgehead atoms. The highest BCUT2D eigenvalue weighted by Gasteiger charge is 2.39. The molecule has 0 N–H and O–H groups in total. The Balaban J connectivity index is 1.73. The van der Waals surface area contributed by atoms with Crippen LogP contribution in [-0.4, -0.2) is 70.3 Å². The zero-order valence-corrected chi connectivity index (χ0v) is 28.0. The highest BCUT2D eigenvalue weighted by Crippen LogP contribution is 2.53. The number of carbonyl (C=O) groups is 1. The zero-order valence-electron chi connectivity index (χ0n) is 25.5. The van der Waals surface area contributed by atoms with Crippen molar-refractivity contribution in [3.05, 3.63) is 56.4 Å². The van der Waals surface area contributed by atoms with Crippen LogP contribution >= 0.6 is 26.8 Å². The summed E-state index contributed by atoms with van der Waals surface area (Å²) < 4.78 is 85.4. The first-order valence-corrected chi connectivity index (χ1v) is 16.6. The van der Waals surface area contributed by atoms with Crippen LogP contribution in [0.3, 0.4) is 0 Å². The van der Waals surface area contributed by atoms with Gasteiger partial charge in [-0.2, -0.15) is 29.1 Å². The Morgan fingerprint density at radius 2 is 1.64 bits per heavy atom. The number of piperazine rings is 1. The van der Waals surface area contributed by atoms with Crippen LogP contribution in [0, 0.1) is 11.6 Å². The minimum Gasteiger partial charge on any atom is -0.444 e. The summed E-state index contributed by atoms with van der Waals surface area (Å²) in [7, 11) is -0.512. The average Bonchev–Trinajstić information content (AvgIpc) is 3.08. The fourth-order valence-corrected chi connectivity index (χ4v) is 9.23. The fourth-order valence-electron chi connectivity index (χ4n) is 5.99. The number of hydrogen-bond acceptors (Lipinski definition) is 6. The summed E-state index contributed by atoms with van der Waals surface area (Å²) in [5.74, 6) is -1.65. The summed E-state index contributed by atoms with van der Waals surface area (Å²) in [5.41, 5.74) is -2.23. The van der Waals surface area contributed by atoms with E-state index in [-0.39, 0.29) is 56.4 Å². The maximum atomic E-state index is 15.4. The molecule has 2 aliphatic rings. The SMILES string of the molecule is CO[C@H]1Cn2c(=O)nc(N3C[C@@H](C)N(C(=O)OC(C)(C)C)[C@@H](C)C3)c3cc(C(F)(F)F)cc(c32)[SH](c2cc(Br)c(F)cc2F)C1. The smallest absolute Gasteiger partial charge is 0.416 e. The molecule has 8 nitrogen and oxygen atoms in total. The number of carbonyl (C=O) groups excluding carboxylic acids is 1. The van der Waals surface area contributed by atoms with Crippen molar-refractivity contribution in [3.63, 3.8) is 0 Å². The molecular weight excluding hydrogens is 687 g/mol. The largest absolute Gasteiger partial charge is 0.444 e. The van der Waals surface area contributed by atoms with Crippen LogP contribution in [0.25, 0.3) is 10.9 Å². The average molecular weight is 722 g/mol. The molecule has 0 spiro atoms. The third-order valence-corrected chi connectivity index (χ3v) is 11.1. The van der Waals surface area contributed by atoms with E-state index in [2.05, 4.69) is 20.9 Å². The quantitative estimate of drug-likeness (QED) is 0.184. The predicted octanol–water partition coefficient (Wildman–Crippen LogP) is 6.74. The van der Waals surface area contributed by atoms with Gasteiger partial charge in [-0.15, -0.1) is 0 Å². The highest BCUT2D eigenvalue weighted by molar-refractivity contribution is 9.10. The third kappa shape index (κ3) is 6.53. The summed E-state index contributed by atoms with van der Waals surface area (Å²) in [6.45, 7) is 9.13. The van der Waals surface area contributed by atoms with Gasteiger partial charge in [0.05, 0.1) is 40.3 Å². The molecule has 1 unspecified atom stereocenters. The molecule has 0 radical (unpaired) electrons. The summed E-state index contributed by atoms with van der Waals surface area (Å²) in [6.07, 6.45) is -5.98. The van der Waals surface area contributed by atoms with Crippen molar-refractivity contribution in [1.29, 1.82) is 0 Å². The lowest BCUT2D eigenvalue weighted by Crippen LogP contribution is -2.59. The number of aromatic nitrogens is 2. The number of anilines is 1. The second-order valence-corrected chi connectivity index (χ2v) is 15.4. The second kappa shape index (κ2) is 12.0. The number of halogens is 6. The Bertz CT molecular complexity index is 1700. The van der Waals surface area contributed by atoms with E-state index in [9.17, 15) is 27.2 Å². The van der Waals surface area contributed by atoms with Crippen LogP contribution in [0.5, 0.6) is 0 Å². The van der Waals surface area contributed by atoms with Gasteiger partial charge in [0.1, 0.15) is 23.1 Å². The molecule has 2 aliphatic heterocycles. The first-order valence-electron chi connectivity index (χ1n) is 14.3. The van der Waals surface area contributed by atoms with Gasteiger partial charge in [-0.25, -0.2) is 18.4 Å². The van der Waals surface area contributed by atoms with Crippen LogP contribution in [-0.2, 0) is 22.2 Å². The van der Waals surface area contributed by atoms with Gasteiger partial charge in [-0.05, 0) is 68.7 Å². The highest BCUT2D eigenvalue weighted by atomic mass is 79.9. The summed E-state index contributed by atoms with van der Waals surface area (Å²) >= 11 is 3.08. The van der Waals surface area contributed by atoms with Crippen LogP contribution in [0.15, 0.2) is 43.3 Å². The third-order valence-electron chi connectivity index (χ3n) is 7.86. The van der Waals surface area contributed by atoms with Crippen molar-refractivity contribution >= 4 is 49.6 Å². The van der Waals surface area contributed by atoms with Gasteiger partial charge in [0, 0.05) is 47.2 Å². The number of benzene rings is 2. The van der Waals surface area contributed by atoms with Gasteiger partial charge in [-0.1, -0.05) is 0 Å². The minimum atomic E-state index is -4.78. The number of ether oxygens (including phenoxy) is 2. The summed E-state index contributed by atoms with van der Waals surface area (Å²) in [4.78, 5) is 34.4. The van der Waals surface area contributed by atoms with Gasteiger partial charge in [0.15, 0.2) is 0 Å². The monoisotopic (exact) mass is 720 g/mol. The number of hydrogen-bond donors (Lipinski definition) is 1. The molecule has 0 aliphatic carbocycles. The number of thiol groups is 1. The fraction of sp³-hybridized carbons (Fsp3) is 0.500. The van der Waals surface area contributed by atoms with Crippen LogP contribution in [0.2, 0.25) is 0 Å². The van der Waals surface area contributed by atoms with Crippen LogP contribution in [0.1, 0.15) is 40.2 Å². The Labute approximate surface area is 268 Å². The number of nitrogens with zero attached hydrogens (tertiary/aromatic N) is 4. The molecule has 1 fully saturated rings. The number of methoxy groups -OCH3 is 1. The van der Waals surface area contributed by atoms with Gasteiger partial charge in [0.2, 0.25) is 0 Å². The van der Waals surface area contributed by atoms with Gasteiger partial charge < -0.3 is 14.4 Å². The van der Waals surface area contributed by atoms with Crippen molar-refractivity contribution < 1.29 is 36.2 Å². The molecule has 246 valence electrons. The maximum absolute atomic E-state index is 15.4. The van der Waals surface area contributed by atoms with Crippen molar-refractivity contribution in [3.8, 4) is 0 Å². The molecule has 0 saturated carbocycles. The van der Waals surface area contributed by atoms with Crippen molar-refractivity contribution in [2.75, 3.05) is 30.9 Å². The van der Waals surface area contributed by atoms with Crippen LogP contribution in [0.4, 0.5) is 32.6 Å².